The molecule has 0 saturated carbocycles. The largest absolute Gasteiger partial charge is 0.635 e. The van der Waals surface area contributed by atoms with Gasteiger partial charge in [0.05, 0.1) is 19.6 Å². The second-order valence-electron chi connectivity index (χ2n) is 9.81. The number of ether oxygens (including phenoxy) is 1. The van der Waals surface area contributed by atoms with Gasteiger partial charge in [0.25, 0.3) is 11.8 Å². The summed E-state index contributed by atoms with van der Waals surface area (Å²) in [5.41, 5.74) is -0.664. The molecule has 1 aromatic carbocycles. The number of nitriles is 1. The summed E-state index contributed by atoms with van der Waals surface area (Å²) >= 11 is 0. The quantitative estimate of drug-likeness (QED) is 0.186. The lowest BCUT2D eigenvalue weighted by atomic mass is 9.99. The molecule has 10 nitrogen and oxygen atoms in total. The van der Waals surface area contributed by atoms with Gasteiger partial charge in [-0.05, 0) is 25.5 Å². The van der Waals surface area contributed by atoms with Gasteiger partial charge in [0.1, 0.15) is 17.9 Å². The number of alkyl halides is 3. The monoisotopic (exact) mass is 538 g/mol. The van der Waals surface area contributed by atoms with E-state index in [-0.39, 0.29) is 31.5 Å². The van der Waals surface area contributed by atoms with Crippen molar-refractivity contribution in [1.29, 1.82) is 5.26 Å². The van der Waals surface area contributed by atoms with Gasteiger partial charge in [-0.3, -0.25) is 15.0 Å². The Kier molecular flexibility index (Phi) is 9.42. The number of halogens is 3. The highest BCUT2D eigenvalue weighted by Gasteiger charge is 2.44. The van der Waals surface area contributed by atoms with Crippen LogP contribution in [0.15, 0.2) is 42.0 Å². The topological polar surface area (TPSA) is 135 Å². The minimum absolute atomic E-state index is 0.0525. The van der Waals surface area contributed by atoms with Crippen LogP contribution < -0.4 is 5.32 Å². The number of amides is 2. The zero-order valence-electron chi connectivity index (χ0n) is 21.0. The van der Waals surface area contributed by atoms with Gasteiger partial charge in [0.2, 0.25) is 0 Å². The molecule has 1 aromatic rings. The number of rotatable bonds is 9. The average molecular weight is 538 g/mol. The summed E-state index contributed by atoms with van der Waals surface area (Å²) in [7, 11) is -2.19. The molecule has 2 heterocycles. The number of benzene rings is 1. The van der Waals surface area contributed by atoms with Crippen LogP contribution >= 0.6 is 0 Å². The van der Waals surface area contributed by atoms with Gasteiger partial charge in [0.15, 0.2) is 12.3 Å². The van der Waals surface area contributed by atoms with E-state index in [1.54, 1.807) is 50.2 Å². The molecule has 206 valence electrons. The van der Waals surface area contributed by atoms with Gasteiger partial charge in [-0.1, -0.05) is 30.3 Å². The third kappa shape index (κ3) is 7.94. The Morgan fingerprint density at radius 2 is 2.00 bits per heavy atom. The van der Waals surface area contributed by atoms with Gasteiger partial charge in [-0.25, -0.2) is 18.0 Å². The molecule has 3 rings (SSSR count). The van der Waals surface area contributed by atoms with E-state index in [9.17, 15) is 28.0 Å². The summed E-state index contributed by atoms with van der Waals surface area (Å²) in [6.07, 6.45) is -4.43. The lowest BCUT2D eigenvalue weighted by Crippen LogP contribution is -2.44. The lowest BCUT2D eigenvalue weighted by Gasteiger charge is -2.33. The summed E-state index contributed by atoms with van der Waals surface area (Å²) in [5.74, 6) is -3.67. The number of carbonyl (C=O) groups excluding carboxylic acids is 2. The van der Waals surface area contributed by atoms with Gasteiger partial charge in [-0.2, -0.15) is 5.26 Å². The molecule has 3 atom stereocenters. The molecule has 0 unspecified atom stereocenters. The number of hydrogen-bond donors (Lipinski definition) is 3. The molecule has 0 spiro atoms. The molecule has 2 amide bonds. The van der Waals surface area contributed by atoms with Crippen LogP contribution in [0.4, 0.5) is 18.0 Å². The fourth-order valence-corrected chi connectivity index (χ4v) is 4.41. The molecular weight excluding hydrogens is 508 g/mol. The first-order chi connectivity index (χ1) is 17.8. The van der Waals surface area contributed by atoms with Crippen molar-refractivity contribution in [2.45, 2.75) is 56.7 Å². The summed E-state index contributed by atoms with van der Waals surface area (Å²) in [5, 5.41) is 30.1. The minimum atomic E-state index is -2.86. The highest BCUT2D eigenvalue weighted by atomic mass is 19.3. The second kappa shape index (κ2) is 12.2. The molecule has 3 N–H and O–H groups in total. The molecule has 2 saturated heterocycles. The number of carbonyl (C=O) groups is 2. The van der Waals surface area contributed by atoms with E-state index >= 15 is 0 Å². The second-order valence-corrected chi connectivity index (χ2v) is 9.81. The van der Waals surface area contributed by atoms with Crippen molar-refractivity contribution in [3.05, 3.63) is 47.5 Å². The van der Waals surface area contributed by atoms with Crippen molar-refractivity contribution in [2.24, 2.45) is 0 Å². The van der Waals surface area contributed by atoms with Crippen LogP contribution in [0.5, 0.6) is 0 Å². The Bertz CT molecular complexity index is 1070. The molecular formula is C24H30BF3N4O6. The number of nitrogens with zero attached hydrogens (tertiary/aromatic N) is 3. The number of likely N-dealkylation sites (tertiary alicyclic amines) is 2. The molecule has 2 aliphatic heterocycles. The van der Waals surface area contributed by atoms with E-state index in [0.29, 0.717) is 5.56 Å². The molecule has 0 radical (unpaired) electrons. The van der Waals surface area contributed by atoms with Crippen LogP contribution in [0, 0.1) is 11.3 Å². The van der Waals surface area contributed by atoms with Crippen molar-refractivity contribution >= 4 is 19.3 Å². The fraction of sp³-hybridized carbons (Fsp3) is 0.542. The van der Waals surface area contributed by atoms with Crippen molar-refractivity contribution in [2.75, 3.05) is 26.2 Å². The number of alkyl carbamates (subject to hydrolysis) is 1. The van der Waals surface area contributed by atoms with Crippen LogP contribution in [-0.2, 0) is 20.6 Å². The zero-order chi connectivity index (χ0) is 28.1. The lowest BCUT2D eigenvalue weighted by molar-refractivity contribution is -0.126. The molecule has 0 aromatic heterocycles. The average Bonchev–Trinajstić information content (AvgIpc) is 3.39. The molecule has 38 heavy (non-hydrogen) atoms. The van der Waals surface area contributed by atoms with Crippen molar-refractivity contribution in [3.63, 3.8) is 0 Å². The van der Waals surface area contributed by atoms with Crippen molar-refractivity contribution in [1.82, 2.24) is 15.1 Å². The van der Waals surface area contributed by atoms with Crippen molar-refractivity contribution < 1.29 is 42.2 Å². The van der Waals surface area contributed by atoms with E-state index in [1.165, 1.54) is 11.0 Å². The summed E-state index contributed by atoms with van der Waals surface area (Å²) in [6.45, 7) is 2.00. The van der Waals surface area contributed by atoms with E-state index in [2.05, 4.69) is 5.32 Å². The maximum atomic E-state index is 14.7. The molecule has 2 fully saturated rings. The van der Waals surface area contributed by atoms with Crippen LogP contribution in [0.2, 0.25) is 0 Å². The highest BCUT2D eigenvalue weighted by Crippen LogP contribution is 2.33. The first kappa shape index (κ1) is 29.4. The normalized spacial score (nSPS) is 22.6. The van der Waals surface area contributed by atoms with Gasteiger partial charge < -0.3 is 24.3 Å². The third-order valence-electron chi connectivity index (χ3n) is 6.41. The van der Waals surface area contributed by atoms with Crippen LogP contribution in [-0.4, -0.2) is 95.3 Å². The Labute approximate surface area is 218 Å². The summed E-state index contributed by atoms with van der Waals surface area (Å²) in [4.78, 5) is 27.8. The number of hydrogen-bond acceptors (Lipinski definition) is 8. The predicted octanol–water partition coefficient (Wildman–Crippen LogP) is 1.39. The van der Waals surface area contributed by atoms with Crippen LogP contribution in [0.25, 0.3) is 0 Å². The Morgan fingerprint density at radius 1 is 1.32 bits per heavy atom. The van der Waals surface area contributed by atoms with Crippen molar-refractivity contribution in [3.8, 4) is 6.07 Å². The van der Waals surface area contributed by atoms with E-state index < -0.39 is 62.4 Å². The molecule has 0 aliphatic carbocycles. The SMILES string of the molecule is CC(C)(C=C(C#N)C(=O)N1C[C@@H](F)[C@H](OC(=O)N[C@@H](Cc2ccccc2)OB(O)O)C1)N1CCC(F)(F)C1. The Balaban J connectivity index is 1.61. The first-order valence-electron chi connectivity index (χ1n) is 12.0. The Morgan fingerprint density at radius 3 is 2.58 bits per heavy atom. The Hall–Kier alpha value is -3.12. The molecule has 2 aliphatic rings. The summed E-state index contributed by atoms with van der Waals surface area (Å²) in [6, 6.07) is 10.5. The van der Waals surface area contributed by atoms with E-state index in [4.69, 9.17) is 19.4 Å². The van der Waals surface area contributed by atoms with Gasteiger partial charge in [-0.15, -0.1) is 0 Å². The highest BCUT2D eigenvalue weighted by molar-refractivity contribution is 6.32. The first-order valence-corrected chi connectivity index (χ1v) is 12.0. The number of nitrogens with one attached hydrogen (secondary N) is 1. The van der Waals surface area contributed by atoms with Crippen LogP contribution in [0.1, 0.15) is 25.8 Å². The van der Waals surface area contributed by atoms with E-state index in [1.807, 2.05) is 0 Å². The summed E-state index contributed by atoms with van der Waals surface area (Å²) < 4.78 is 52.0. The minimum Gasteiger partial charge on any atom is -0.441 e. The third-order valence-corrected chi connectivity index (χ3v) is 6.41. The fourth-order valence-electron chi connectivity index (χ4n) is 4.41. The van der Waals surface area contributed by atoms with E-state index in [0.717, 1.165) is 4.90 Å². The van der Waals surface area contributed by atoms with Crippen LogP contribution in [0.3, 0.4) is 0 Å². The maximum absolute atomic E-state index is 14.7. The molecule has 0 bridgehead atoms. The smallest absolute Gasteiger partial charge is 0.441 e. The van der Waals surface area contributed by atoms with Gasteiger partial charge >= 0.3 is 13.4 Å². The zero-order valence-corrected chi connectivity index (χ0v) is 21.0. The standard InChI is InChI=1S/C24H30BF3N4O6/c1-23(2,32-9-8-24(27,28)15-32)11-17(12-29)21(33)31-13-18(26)19(14-31)37-22(34)30-20(38-25(35)36)10-16-6-4-3-5-7-16/h3-7,11,18-20,35-36H,8-10,13-15H2,1-2H3,(H,30,34)/t18-,19-,20-/m1/s1. The predicted molar refractivity (Wildman–Crippen MR) is 129 cm³/mol. The molecule has 14 heteroatoms. The van der Waals surface area contributed by atoms with Gasteiger partial charge in [0, 0.05) is 24.9 Å². The maximum Gasteiger partial charge on any atom is 0.635 e.